The van der Waals surface area contributed by atoms with E-state index < -0.39 is 0 Å². The van der Waals surface area contributed by atoms with Crippen LogP contribution in [0, 0.1) is 0 Å². The fraction of sp³-hybridized carbons (Fsp3) is 0.429. The largest absolute Gasteiger partial charge is 0.463 e. The van der Waals surface area contributed by atoms with Gasteiger partial charge in [-0.25, -0.2) is 4.79 Å². The Hall–Kier alpha value is -1.40. The van der Waals surface area contributed by atoms with Crippen LogP contribution in [0.25, 0.3) is 0 Å². The molecule has 4 nitrogen and oxygen atoms in total. The Bertz CT molecular complexity index is 537. The van der Waals surface area contributed by atoms with Crippen LogP contribution in [0.5, 0.6) is 0 Å². The summed E-state index contributed by atoms with van der Waals surface area (Å²) in [6, 6.07) is 3.75. The van der Waals surface area contributed by atoms with Crippen molar-refractivity contribution in [2.24, 2.45) is 0 Å². The average molecular weight is 310 g/mol. The number of allylic oxidation sites excluding steroid dienone is 1. The lowest BCUT2D eigenvalue weighted by Gasteiger charge is -2.36. The Morgan fingerprint density at radius 3 is 2.85 bits per heavy atom. The van der Waals surface area contributed by atoms with Gasteiger partial charge in [0.2, 0.25) is 0 Å². The van der Waals surface area contributed by atoms with Gasteiger partial charge in [0, 0.05) is 17.1 Å². The summed E-state index contributed by atoms with van der Waals surface area (Å²) in [4.78, 5) is 15.3. The summed E-state index contributed by atoms with van der Waals surface area (Å²) >= 11 is 6.99. The van der Waals surface area contributed by atoms with Crippen LogP contribution in [0.2, 0.25) is 0 Å². The topological polar surface area (TPSA) is 41.6 Å². The number of thiophene rings is 1. The lowest BCUT2D eigenvalue weighted by atomic mass is 10.0. The van der Waals surface area contributed by atoms with Gasteiger partial charge in [-0.05, 0) is 44.4 Å². The molecule has 0 saturated carbocycles. The van der Waals surface area contributed by atoms with Gasteiger partial charge >= 0.3 is 5.97 Å². The van der Waals surface area contributed by atoms with Crippen molar-refractivity contribution in [3.63, 3.8) is 0 Å². The van der Waals surface area contributed by atoms with E-state index in [1.807, 2.05) is 43.2 Å². The minimum Gasteiger partial charge on any atom is -0.463 e. The Morgan fingerprint density at radius 1 is 1.55 bits per heavy atom. The van der Waals surface area contributed by atoms with Crippen LogP contribution < -0.4 is 5.32 Å². The van der Waals surface area contributed by atoms with Gasteiger partial charge in [0.15, 0.2) is 5.11 Å². The molecule has 1 aliphatic rings. The van der Waals surface area contributed by atoms with E-state index in [0.29, 0.717) is 17.3 Å². The molecule has 0 radical (unpaired) electrons. The molecule has 1 aliphatic heterocycles. The van der Waals surface area contributed by atoms with Crippen molar-refractivity contribution in [3.8, 4) is 0 Å². The highest BCUT2D eigenvalue weighted by Crippen LogP contribution is 2.33. The van der Waals surface area contributed by atoms with Gasteiger partial charge in [-0.2, -0.15) is 0 Å². The van der Waals surface area contributed by atoms with E-state index >= 15 is 0 Å². The highest BCUT2D eigenvalue weighted by molar-refractivity contribution is 7.80. The molecule has 108 valence electrons. The molecule has 0 aromatic carbocycles. The van der Waals surface area contributed by atoms with E-state index in [0.717, 1.165) is 17.1 Å². The Morgan fingerprint density at radius 2 is 2.30 bits per heavy atom. The molecule has 1 aromatic heterocycles. The molecule has 0 spiro atoms. The van der Waals surface area contributed by atoms with Crippen LogP contribution in [-0.4, -0.2) is 29.1 Å². The lowest BCUT2D eigenvalue weighted by Crippen LogP contribution is -2.47. The number of rotatable bonds is 4. The van der Waals surface area contributed by atoms with Crippen LogP contribution in [0.1, 0.15) is 31.7 Å². The zero-order chi connectivity index (χ0) is 14.7. The first kappa shape index (κ1) is 15.0. The summed E-state index contributed by atoms with van der Waals surface area (Å²) < 4.78 is 5.21. The third kappa shape index (κ3) is 2.71. The molecule has 6 heteroatoms. The van der Waals surface area contributed by atoms with Gasteiger partial charge in [-0.1, -0.05) is 6.07 Å². The maximum absolute atomic E-state index is 12.3. The van der Waals surface area contributed by atoms with Crippen molar-refractivity contribution in [2.75, 3.05) is 13.2 Å². The molecule has 1 N–H and O–H groups in total. The van der Waals surface area contributed by atoms with E-state index in [9.17, 15) is 4.79 Å². The molecule has 1 atom stereocenters. The predicted molar refractivity (Wildman–Crippen MR) is 84.5 cm³/mol. The average Bonchev–Trinajstić information content (AvgIpc) is 2.92. The second-order valence-corrected chi connectivity index (χ2v) is 5.73. The molecular formula is C14H18N2O2S2. The number of hydrogen-bond acceptors (Lipinski definition) is 4. The van der Waals surface area contributed by atoms with E-state index in [1.54, 1.807) is 11.3 Å². The third-order valence-corrected chi connectivity index (χ3v) is 4.51. The molecular weight excluding hydrogens is 292 g/mol. The predicted octanol–water partition coefficient (Wildman–Crippen LogP) is 2.84. The van der Waals surface area contributed by atoms with Gasteiger partial charge in [-0.3, -0.25) is 0 Å². The molecule has 20 heavy (non-hydrogen) atoms. The minimum atomic E-state index is -0.281. The first-order valence-electron chi connectivity index (χ1n) is 6.59. The van der Waals surface area contributed by atoms with Crippen molar-refractivity contribution >= 4 is 34.6 Å². The van der Waals surface area contributed by atoms with Gasteiger partial charge in [0.05, 0.1) is 18.2 Å². The second-order valence-electron chi connectivity index (χ2n) is 4.36. The number of carbonyl (C=O) groups is 1. The van der Waals surface area contributed by atoms with Crippen LogP contribution >= 0.6 is 23.6 Å². The smallest absolute Gasteiger partial charge is 0.338 e. The maximum Gasteiger partial charge on any atom is 0.338 e. The quantitative estimate of drug-likeness (QED) is 0.684. The maximum atomic E-state index is 12.3. The highest BCUT2D eigenvalue weighted by Gasteiger charge is 2.34. The van der Waals surface area contributed by atoms with E-state index in [-0.39, 0.29) is 12.0 Å². The Labute approximate surface area is 128 Å². The van der Waals surface area contributed by atoms with Crippen molar-refractivity contribution in [2.45, 2.75) is 26.8 Å². The number of hydrogen-bond donors (Lipinski definition) is 1. The Balaban J connectivity index is 2.47. The molecule has 0 amide bonds. The summed E-state index contributed by atoms with van der Waals surface area (Å²) in [6.45, 7) is 6.82. The highest BCUT2D eigenvalue weighted by atomic mass is 32.1. The fourth-order valence-corrected chi connectivity index (χ4v) is 3.47. The zero-order valence-corrected chi connectivity index (χ0v) is 13.4. The molecule has 0 unspecified atom stereocenters. The third-order valence-electron chi connectivity index (χ3n) is 3.24. The molecule has 0 aliphatic carbocycles. The van der Waals surface area contributed by atoms with E-state index in [1.165, 1.54) is 0 Å². The monoisotopic (exact) mass is 310 g/mol. The number of nitrogens with one attached hydrogen (secondary N) is 1. The van der Waals surface area contributed by atoms with Crippen molar-refractivity contribution in [3.05, 3.63) is 33.7 Å². The number of thiocarbonyl (C=S) groups is 1. The van der Waals surface area contributed by atoms with Crippen molar-refractivity contribution in [1.29, 1.82) is 0 Å². The standard InChI is InChI=1S/C14H18N2O2S2/c1-4-16-9(3)11(13(17)18-5-2)12(15-14(16)19)10-7-6-8-20-10/h6-8,12H,4-5H2,1-3H3,(H,15,19)/t12-/m1/s1. The van der Waals surface area contributed by atoms with E-state index in [2.05, 4.69) is 5.32 Å². The Kier molecular flexibility index (Phi) is 4.77. The summed E-state index contributed by atoms with van der Waals surface area (Å²) in [5.41, 5.74) is 1.51. The van der Waals surface area contributed by atoms with Crippen LogP contribution in [-0.2, 0) is 9.53 Å². The number of nitrogens with zero attached hydrogens (tertiary/aromatic N) is 1. The van der Waals surface area contributed by atoms with Crippen LogP contribution in [0.15, 0.2) is 28.8 Å². The normalized spacial score (nSPS) is 19.1. The minimum absolute atomic E-state index is 0.218. The lowest BCUT2D eigenvalue weighted by molar-refractivity contribution is -0.139. The molecule has 0 saturated heterocycles. The molecule has 1 aromatic rings. The van der Waals surface area contributed by atoms with Gasteiger partial charge in [0.1, 0.15) is 0 Å². The SMILES string of the molecule is CCOC(=O)C1=C(C)N(CC)C(=S)N[C@@H]1c1cccs1. The zero-order valence-electron chi connectivity index (χ0n) is 11.8. The number of carbonyl (C=O) groups excluding carboxylic acids is 1. The molecule has 2 rings (SSSR count). The second kappa shape index (κ2) is 6.37. The van der Waals surface area contributed by atoms with E-state index in [4.69, 9.17) is 17.0 Å². The molecule has 0 fully saturated rings. The summed E-state index contributed by atoms with van der Waals surface area (Å²) in [6.07, 6.45) is 0. The molecule has 0 bridgehead atoms. The van der Waals surface area contributed by atoms with Crippen LogP contribution in [0.4, 0.5) is 0 Å². The van der Waals surface area contributed by atoms with Crippen molar-refractivity contribution < 1.29 is 9.53 Å². The number of esters is 1. The van der Waals surface area contributed by atoms with Gasteiger partial charge < -0.3 is 15.0 Å². The fourth-order valence-electron chi connectivity index (χ4n) is 2.30. The first-order chi connectivity index (χ1) is 9.60. The summed E-state index contributed by atoms with van der Waals surface area (Å²) in [5.74, 6) is -0.281. The summed E-state index contributed by atoms with van der Waals surface area (Å²) in [5, 5.41) is 5.89. The molecule has 2 heterocycles. The van der Waals surface area contributed by atoms with Gasteiger partial charge in [0.25, 0.3) is 0 Å². The van der Waals surface area contributed by atoms with Crippen molar-refractivity contribution in [1.82, 2.24) is 10.2 Å². The van der Waals surface area contributed by atoms with Gasteiger partial charge in [-0.15, -0.1) is 11.3 Å². The van der Waals surface area contributed by atoms with Crippen LogP contribution in [0.3, 0.4) is 0 Å². The first-order valence-corrected chi connectivity index (χ1v) is 7.88. The summed E-state index contributed by atoms with van der Waals surface area (Å²) in [7, 11) is 0. The number of ether oxygens (including phenoxy) is 1.